The summed E-state index contributed by atoms with van der Waals surface area (Å²) in [6, 6.07) is 7.57. The number of aromatic nitrogens is 1. The van der Waals surface area contributed by atoms with Gasteiger partial charge in [0.05, 0.1) is 17.5 Å². The van der Waals surface area contributed by atoms with Crippen molar-refractivity contribution in [3.8, 4) is 0 Å². The molecule has 3 heterocycles. The number of piperidine rings is 2. The predicted octanol–water partition coefficient (Wildman–Crippen LogP) is 2.68. The number of esters is 1. The Morgan fingerprint density at radius 2 is 1.94 bits per heavy atom. The number of nitrogens with one attached hydrogen (secondary N) is 1. The van der Waals surface area contributed by atoms with E-state index in [0.717, 1.165) is 16.6 Å². The third-order valence-electron chi connectivity index (χ3n) is 6.21. The number of anilines is 1. The number of benzene rings is 1. The van der Waals surface area contributed by atoms with Crippen molar-refractivity contribution in [2.24, 2.45) is 0 Å². The second-order valence-electron chi connectivity index (χ2n) is 9.87. The number of rotatable bonds is 4. The summed E-state index contributed by atoms with van der Waals surface area (Å²) >= 11 is 0. The number of aliphatic hydroxyl groups is 1. The number of carbonyl (C=O) groups is 3. The van der Waals surface area contributed by atoms with Crippen molar-refractivity contribution in [1.29, 1.82) is 0 Å². The van der Waals surface area contributed by atoms with Gasteiger partial charge in [-0.25, -0.2) is 0 Å². The molecular weight excluding hydrogens is 410 g/mol. The van der Waals surface area contributed by atoms with Crippen LogP contribution in [0.25, 0.3) is 10.9 Å². The monoisotopic (exact) mass is 441 g/mol. The third kappa shape index (κ3) is 4.65. The zero-order valence-electron chi connectivity index (χ0n) is 18.9. The first-order chi connectivity index (χ1) is 15.0. The highest BCUT2D eigenvalue weighted by Crippen LogP contribution is 2.35. The molecule has 32 heavy (non-hydrogen) atoms. The summed E-state index contributed by atoms with van der Waals surface area (Å²) in [5.74, 6) is -0.873. The molecule has 4 rings (SSSR count). The Kier molecular flexibility index (Phi) is 5.75. The van der Waals surface area contributed by atoms with E-state index in [-0.39, 0.29) is 24.2 Å². The second-order valence-corrected chi connectivity index (χ2v) is 9.87. The Labute approximate surface area is 187 Å². The van der Waals surface area contributed by atoms with Crippen molar-refractivity contribution in [3.63, 3.8) is 0 Å². The predicted molar refractivity (Wildman–Crippen MR) is 120 cm³/mol. The van der Waals surface area contributed by atoms with Crippen LogP contribution in [-0.2, 0) is 19.1 Å². The number of hydrogen-bond acceptors (Lipinski definition) is 6. The van der Waals surface area contributed by atoms with E-state index in [1.807, 2.05) is 55.8 Å². The third-order valence-corrected chi connectivity index (χ3v) is 6.21. The summed E-state index contributed by atoms with van der Waals surface area (Å²) < 4.78 is 7.32. The fraction of sp³-hybridized carbons (Fsp3) is 0.542. The number of nitrogens with zero attached hydrogens (tertiary/aromatic N) is 2. The van der Waals surface area contributed by atoms with Crippen LogP contribution in [0.5, 0.6) is 0 Å². The molecule has 0 radical (unpaired) electrons. The molecule has 2 aliphatic heterocycles. The maximum Gasteiger partial charge on any atom is 0.309 e. The van der Waals surface area contributed by atoms with Crippen molar-refractivity contribution < 1.29 is 24.2 Å². The van der Waals surface area contributed by atoms with E-state index in [1.165, 1.54) is 0 Å². The topological polar surface area (TPSA) is 101 Å². The van der Waals surface area contributed by atoms with Crippen LogP contribution in [0.1, 0.15) is 58.9 Å². The van der Waals surface area contributed by atoms with Gasteiger partial charge in [0.2, 0.25) is 11.8 Å². The summed E-state index contributed by atoms with van der Waals surface area (Å²) in [5, 5.41) is 14.4. The van der Waals surface area contributed by atoms with Gasteiger partial charge in [-0.2, -0.15) is 0 Å². The van der Waals surface area contributed by atoms with Gasteiger partial charge < -0.3 is 19.3 Å². The van der Waals surface area contributed by atoms with E-state index in [1.54, 1.807) is 0 Å². The van der Waals surface area contributed by atoms with Gasteiger partial charge in [-0.1, -0.05) is 6.07 Å². The van der Waals surface area contributed by atoms with Crippen LogP contribution in [0.2, 0.25) is 0 Å². The fourth-order valence-corrected chi connectivity index (χ4v) is 4.65. The van der Waals surface area contributed by atoms with Gasteiger partial charge in [0.25, 0.3) is 0 Å². The van der Waals surface area contributed by atoms with Crippen LogP contribution in [-0.4, -0.2) is 51.7 Å². The van der Waals surface area contributed by atoms with Crippen LogP contribution in [0.4, 0.5) is 5.69 Å². The molecule has 1 aromatic heterocycles. The van der Waals surface area contributed by atoms with Gasteiger partial charge in [-0.15, -0.1) is 0 Å². The van der Waals surface area contributed by atoms with Crippen LogP contribution >= 0.6 is 0 Å². The second kappa shape index (κ2) is 8.24. The summed E-state index contributed by atoms with van der Waals surface area (Å²) in [6.45, 7) is 6.68. The zero-order chi connectivity index (χ0) is 23.1. The number of imide groups is 1. The van der Waals surface area contributed by atoms with E-state index >= 15 is 0 Å². The molecule has 0 bridgehead atoms. The molecule has 0 unspecified atom stereocenters. The maximum atomic E-state index is 12.4. The van der Waals surface area contributed by atoms with Gasteiger partial charge in [0, 0.05) is 36.8 Å². The summed E-state index contributed by atoms with van der Waals surface area (Å²) in [4.78, 5) is 38.3. The van der Waals surface area contributed by atoms with Crippen molar-refractivity contribution in [3.05, 3.63) is 30.5 Å². The van der Waals surface area contributed by atoms with E-state index in [4.69, 9.17) is 4.74 Å². The molecule has 2 aromatic rings. The molecule has 2 saturated heterocycles. The van der Waals surface area contributed by atoms with E-state index in [9.17, 15) is 19.5 Å². The molecule has 2 aliphatic rings. The summed E-state index contributed by atoms with van der Waals surface area (Å²) in [5.41, 5.74) is 0.338. The van der Waals surface area contributed by atoms with E-state index in [0.29, 0.717) is 38.8 Å². The summed E-state index contributed by atoms with van der Waals surface area (Å²) in [7, 11) is 0. The Morgan fingerprint density at radius 3 is 2.59 bits per heavy atom. The molecule has 172 valence electrons. The highest BCUT2D eigenvalue weighted by atomic mass is 16.6. The van der Waals surface area contributed by atoms with Crippen molar-refractivity contribution in [2.45, 2.75) is 70.1 Å². The highest BCUT2D eigenvalue weighted by Gasteiger charge is 2.36. The first kappa shape index (κ1) is 22.3. The van der Waals surface area contributed by atoms with Gasteiger partial charge in [-0.05, 0) is 58.2 Å². The SMILES string of the molecule is CC(C)(C)OC(=O)CC1(O)CCN(c2cccc3c2ccn3[C@@H]2CCC(=O)NC2=O)CC1. The molecule has 8 nitrogen and oxygen atoms in total. The number of ether oxygens (including phenoxy) is 1. The average molecular weight is 442 g/mol. The molecule has 1 atom stereocenters. The zero-order valence-corrected chi connectivity index (χ0v) is 18.9. The van der Waals surface area contributed by atoms with Crippen molar-refractivity contribution in [2.75, 3.05) is 18.0 Å². The van der Waals surface area contributed by atoms with Crippen LogP contribution < -0.4 is 10.2 Å². The Bertz CT molecular complexity index is 1040. The van der Waals surface area contributed by atoms with Crippen LogP contribution in [0.3, 0.4) is 0 Å². The highest BCUT2D eigenvalue weighted by molar-refractivity contribution is 6.01. The fourth-order valence-electron chi connectivity index (χ4n) is 4.65. The Hall–Kier alpha value is -2.87. The lowest BCUT2D eigenvalue weighted by atomic mass is 9.88. The van der Waals surface area contributed by atoms with Gasteiger partial charge >= 0.3 is 5.97 Å². The first-order valence-electron chi connectivity index (χ1n) is 11.2. The molecule has 0 aliphatic carbocycles. The minimum Gasteiger partial charge on any atom is -0.460 e. The molecule has 0 spiro atoms. The number of hydrogen-bond donors (Lipinski definition) is 2. The lowest BCUT2D eigenvalue weighted by Crippen LogP contribution is -2.46. The molecule has 1 aromatic carbocycles. The normalized spacial score (nSPS) is 21.5. The van der Waals surface area contributed by atoms with Crippen LogP contribution in [0.15, 0.2) is 30.5 Å². The first-order valence-corrected chi connectivity index (χ1v) is 11.2. The quantitative estimate of drug-likeness (QED) is 0.559. The standard InChI is InChI=1S/C24H31N3O5/c1-23(2,3)32-21(29)15-24(31)10-13-26(14-11-24)17-5-4-6-18-16(17)9-12-27(18)19-7-8-20(28)25-22(19)30/h4-6,9,12,19,31H,7-8,10-11,13-15H2,1-3H3,(H,25,28,30)/t19-/m1/s1. The lowest BCUT2D eigenvalue weighted by Gasteiger charge is -2.39. The van der Waals surface area contributed by atoms with Crippen LogP contribution in [0, 0.1) is 0 Å². The maximum absolute atomic E-state index is 12.4. The average Bonchev–Trinajstić information content (AvgIpc) is 3.11. The number of fused-ring (bicyclic) bond motifs is 1. The molecule has 0 saturated carbocycles. The molecular formula is C24H31N3O5. The smallest absolute Gasteiger partial charge is 0.309 e. The Morgan fingerprint density at radius 1 is 1.22 bits per heavy atom. The summed E-state index contributed by atoms with van der Waals surface area (Å²) in [6.07, 6.45) is 3.65. The van der Waals surface area contributed by atoms with Gasteiger partial charge in [-0.3, -0.25) is 19.7 Å². The Balaban J connectivity index is 1.48. The molecule has 2 N–H and O–H groups in total. The largest absolute Gasteiger partial charge is 0.460 e. The number of amides is 2. The van der Waals surface area contributed by atoms with Crippen molar-refractivity contribution >= 4 is 34.4 Å². The van der Waals surface area contributed by atoms with E-state index < -0.39 is 17.2 Å². The van der Waals surface area contributed by atoms with Crippen molar-refractivity contribution in [1.82, 2.24) is 9.88 Å². The number of carbonyl (C=O) groups excluding carboxylic acids is 3. The minimum absolute atomic E-state index is 0.00575. The minimum atomic E-state index is -1.06. The van der Waals surface area contributed by atoms with E-state index in [2.05, 4.69) is 10.2 Å². The molecule has 2 amide bonds. The van der Waals surface area contributed by atoms with Gasteiger partial charge in [0.1, 0.15) is 11.6 Å². The lowest BCUT2D eigenvalue weighted by molar-refractivity contribution is -0.161. The molecule has 2 fully saturated rings. The van der Waals surface area contributed by atoms with Gasteiger partial charge in [0.15, 0.2) is 0 Å². The molecule has 8 heteroatoms.